The van der Waals surface area contributed by atoms with Gasteiger partial charge in [0.15, 0.2) is 11.5 Å². The maximum absolute atomic E-state index is 5.89. The zero-order valence-electron chi connectivity index (χ0n) is 9.42. The number of aromatic nitrogens is 3. The average molecular weight is 325 g/mol. The molecule has 0 aromatic carbocycles. The average Bonchev–Trinajstić information content (AvgIpc) is 2.93. The van der Waals surface area contributed by atoms with E-state index in [9.17, 15) is 0 Å². The van der Waals surface area contributed by atoms with Crippen LogP contribution in [0.5, 0.6) is 5.75 Å². The summed E-state index contributed by atoms with van der Waals surface area (Å²) in [6.45, 7) is 0. The SMILES string of the molecule is COc1csc(-c2nc3cc(Br)cc(N)n3n2)c1. The van der Waals surface area contributed by atoms with Crippen LogP contribution in [0.2, 0.25) is 0 Å². The molecule has 0 amide bonds. The molecule has 0 fully saturated rings. The van der Waals surface area contributed by atoms with Crippen molar-refractivity contribution in [3.63, 3.8) is 0 Å². The summed E-state index contributed by atoms with van der Waals surface area (Å²) < 4.78 is 7.65. The van der Waals surface area contributed by atoms with Crippen LogP contribution in [0.25, 0.3) is 16.3 Å². The maximum atomic E-state index is 5.89. The first-order valence-electron chi connectivity index (χ1n) is 5.12. The first-order valence-corrected chi connectivity index (χ1v) is 6.79. The Balaban J connectivity index is 2.16. The normalized spacial score (nSPS) is 11.0. The van der Waals surface area contributed by atoms with Crippen LogP contribution in [0.4, 0.5) is 5.82 Å². The molecule has 0 radical (unpaired) electrons. The molecule has 7 heteroatoms. The van der Waals surface area contributed by atoms with Crippen LogP contribution >= 0.6 is 27.3 Å². The monoisotopic (exact) mass is 324 g/mol. The Morgan fingerprint density at radius 2 is 2.22 bits per heavy atom. The number of hydrogen-bond donors (Lipinski definition) is 1. The summed E-state index contributed by atoms with van der Waals surface area (Å²) >= 11 is 4.92. The van der Waals surface area contributed by atoms with E-state index in [1.807, 2.05) is 17.5 Å². The number of nitrogen functional groups attached to an aromatic ring is 1. The predicted molar refractivity (Wildman–Crippen MR) is 75.0 cm³/mol. The first-order chi connectivity index (χ1) is 8.67. The number of nitrogens with zero attached hydrogens (tertiary/aromatic N) is 3. The van der Waals surface area contributed by atoms with Crippen molar-refractivity contribution in [3.05, 3.63) is 28.1 Å². The number of fused-ring (bicyclic) bond motifs is 1. The van der Waals surface area contributed by atoms with Crippen LogP contribution < -0.4 is 10.5 Å². The molecule has 0 saturated carbocycles. The minimum Gasteiger partial charge on any atom is -0.496 e. The molecule has 3 aromatic rings. The Bertz CT molecular complexity index is 721. The van der Waals surface area contributed by atoms with E-state index < -0.39 is 0 Å². The number of rotatable bonds is 2. The third kappa shape index (κ3) is 1.85. The number of thiophene rings is 1. The van der Waals surface area contributed by atoms with Gasteiger partial charge in [-0.25, -0.2) is 4.98 Å². The standard InChI is InChI=1S/C11H9BrN4OS/c1-17-7-4-8(18-5-7)11-14-10-3-6(12)2-9(13)16(10)15-11/h2-5H,13H2,1H3. The Morgan fingerprint density at radius 1 is 1.39 bits per heavy atom. The van der Waals surface area contributed by atoms with E-state index in [1.54, 1.807) is 17.7 Å². The molecule has 0 atom stereocenters. The second-order valence-electron chi connectivity index (χ2n) is 3.65. The van der Waals surface area contributed by atoms with Gasteiger partial charge in [0.1, 0.15) is 11.6 Å². The van der Waals surface area contributed by atoms with Gasteiger partial charge >= 0.3 is 0 Å². The van der Waals surface area contributed by atoms with E-state index >= 15 is 0 Å². The van der Waals surface area contributed by atoms with Crippen molar-refractivity contribution in [1.29, 1.82) is 0 Å². The van der Waals surface area contributed by atoms with Crippen molar-refractivity contribution in [2.24, 2.45) is 0 Å². The third-order valence-corrected chi connectivity index (χ3v) is 3.82. The fourth-order valence-corrected chi connectivity index (χ4v) is 2.85. The van der Waals surface area contributed by atoms with E-state index in [0.717, 1.165) is 15.1 Å². The number of hydrogen-bond acceptors (Lipinski definition) is 5. The molecule has 92 valence electrons. The lowest BCUT2D eigenvalue weighted by Crippen LogP contribution is -1.97. The molecule has 3 rings (SSSR count). The van der Waals surface area contributed by atoms with Crippen LogP contribution in [-0.4, -0.2) is 21.7 Å². The van der Waals surface area contributed by atoms with E-state index in [0.29, 0.717) is 17.3 Å². The lowest BCUT2D eigenvalue weighted by molar-refractivity contribution is 0.417. The second kappa shape index (κ2) is 4.25. The summed E-state index contributed by atoms with van der Waals surface area (Å²) in [5.41, 5.74) is 6.60. The van der Waals surface area contributed by atoms with Gasteiger partial charge in [-0.1, -0.05) is 15.9 Å². The Morgan fingerprint density at radius 3 is 2.94 bits per heavy atom. The molecule has 18 heavy (non-hydrogen) atoms. The highest BCUT2D eigenvalue weighted by molar-refractivity contribution is 9.10. The smallest absolute Gasteiger partial charge is 0.192 e. The Labute approximate surface area is 115 Å². The lowest BCUT2D eigenvalue weighted by atomic mass is 10.4. The topological polar surface area (TPSA) is 65.4 Å². The van der Waals surface area contributed by atoms with Crippen molar-refractivity contribution >= 4 is 38.7 Å². The minimum absolute atomic E-state index is 0.543. The van der Waals surface area contributed by atoms with Crippen LogP contribution in [0, 0.1) is 0 Å². The lowest BCUT2D eigenvalue weighted by Gasteiger charge is -1.97. The number of anilines is 1. The van der Waals surface area contributed by atoms with E-state index in [4.69, 9.17) is 10.5 Å². The number of ether oxygens (including phenoxy) is 1. The molecule has 0 saturated heterocycles. The van der Waals surface area contributed by atoms with Crippen LogP contribution in [0.1, 0.15) is 0 Å². The molecule has 0 bridgehead atoms. The molecule has 2 N–H and O–H groups in total. The van der Waals surface area contributed by atoms with Crippen molar-refractivity contribution in [1.82, 2.24) is 14.6 Å². The molecule has 0 unspecified atom stereocenters. The summed E-state index contributed by atoms with van der Waals surface area (Å²) in [7, 11) is 1.64. The highest BCUT2D eigenvalue weighted by Crippen LogP contribution is 2.29. The maximum Gasteiger partial charge on any atom is 0.192 e. The van der Waals surface area contributed by atoms with Crippen LogP contribution in [0.15, 0.2) is 28.1 Å². The first kappa shape index (κ1) is 11.5. The number of halogens is 1. The zero-order valence-corrected chi connectivity index (χ0v) is 11.8. The van der Waals surface area contributed by atoms with Crippen molar-refractivity contribution < 1.29 is 4.74 Å². The van der Waals surface area contributed by atoms with Gasteiger partial charge < -0.3 is 10.5 Å². The van der Waals surface area contributed by atoms with Gasteiger partial charge in [-0.15, -0.1) is 16.4 Å². The van der Waals surface area contributed by atoms with E-state index in [-0.39, 0.29) is 0 Å². The largest absolute Gasteiger partial charge is 0.496 e. The quantitative estimate of drug-likeness (QED) is 0.787. The molecule has 0 spiro atoms. The van der Waals surface area contributed by atoms with Gasteiger partial charge in [-0.3, -0.25) is 0 Å². The summed E-state index contributed by atoms with van der Waals surface area (Å²) in [6.07, 6.45) is 0. The zero-order chi connectivity index (χ0) is 12.7. The molecule has 0 aliphatic carbocycles. The van der Waals surface area contributed by atoms with Gasteiger partial charge in [0.25, 0.3) is 0 Å². The molecule has 0 aliphatic heterocycles. The summed E-state index contributed by atoms with van der Waals surface area (Å²) in [5.74, 6) is 2.00. The van der Waals surface area contributed by atoms with Crippen LogP contribution in [-0.2, 0) is 0 Å². The minimum atomic E-state index is 0.543. The summed E-state index contributed by atoms with van der Waals surface area (Å²) in [6, 6.07) is 5.57. The highest BCUT2D eigenvalue weighted by atomic mass is 79.9. The van der Waals surface area contributed by atoms with Gasteiger partial charge in [0.2, 0.25) is 0 Å². The molecule has 3 aromatic heterocycles. The summed E-state index contributed by atoms with van der Waals surface area (Å²) in [4.78, 5) is 5.40. The van der Waals surface area contributed by atoms with Gasteiger partial charge in [0, 0.05) is 15.9 Å². The Hall–Kier alpha value is -1.60. The van der Waals surface area contributed by atoms with Gasteiger partial charge in [-0.2, -0.15) is 4.52 Å². The predicted octanol–water partition coefficient (Wildman–Crippen LogP) is 2.81. The fourth-order valence-electron chi connectivity index (χ4n) is 1.62. The van der Waals surface area contributed by atoms with Gasteiger partial charge in [-0.05, 0) is 12.1 Å². The summed E-state index contributed by atoms with van der Waals surface area (Å²) in [5, 5.41) is 6.30. The van der Waals surface area contributed by atoms with Crippen molar-refractivity contribution in [2.45, 2.75) is 0 Å². The van der Waals surface area contributed by atoms with Crippen molar-refractivity contribution in [3.8, 4) is 16.5 Å². The highest BCUT2D eigenvalue weighted by Gasteiger charge is 2.11. The van der Waals surface area contributed by atoms with Crippen LogP contribution in [0.3, 0.4) is 0 Å². The number of nitrogens with two attached hydrogens (primary N) is 1. The number of methoxy groups -OCH3 is 1. The third-order valence-electron chi connectivity index (χ3n) is 2.46. The van der Waals surface area contributed by atoms with E-state index in [2.05, 4.69) is 26.0 Å². The van der Waals surface area contributed by atoms with Gasteiger partial charge in [0.05, 0.1) is 12.0 Å². The molecular formula is C11H9BrN4OS. The number of pyridine rings is 1. The van der Waals surface area contributed by atoms with E-state index in [1.165, 1.54) is 11.3 Å². The Kier molecular flexibility index (Phi) is 2.71. The molecule has 3 heterocycles. The molecular weight excluding hydrogens is 316 g/mol. The molecule has 0 aliphatic rings. The molecule has 5 nitrogen and oxygen atoms in total. The second-order valence-corrected chi connectivity index (χ2v) is 5.48. The fraction of sp³-hybridized carbons (Fsp3) is 0.0909. The van der Waals surface area contributed by atoms with Crippen molar-refractivity contribution in [2.75, 3.05) is 12.8 Å².